The molecule has 0 spiro atoms. The van der Waals surface area contributed by atoms with Crippen molar-refractivity contribution in [2.24, 2.45) is 0 Å². The van der Waals surface area contributed by atoms with Crippen molar-refractivity contribution in [2.75, 3.05) is 14.1 Å². The molecule has 0 atom stereocenters. The molecule has 0 saturated carbocycles. The maximum Gasteiger partial charge on any atom is 1.00 e. The summed E-state index contributed by atoms with van der Waals surface area (Å²) in [6.45, 7) is 8.62. The van der Waals surface area contributed by atoms with Crippen LogP contribution in [0.15, 0.2) is 243 Å². The summed E-state index contributed by atoms with van der Waals surface area (Å²) in [5, 5.41) is 11.1. The smallest absolute Gasteiger partial charge is 0.411 e. The average molecular weight is 1250 g/mol. The van der Waals surface area contributed by atoms with Gasteiger partial charge in [0.2, 0.25) is 0 Å². The fourth-order valence-corrected chi connectivity index (χ4v) is 13.1. The Hall–Kier alpha value is -3.36. The minimum Gasteiger partial charge on any atom is -0.411 e. The Labute approximate surface area is 410 Å². The molecule has 0 bridgehead atoms. The molecule has 0 aliphatic heterocycles. The number of hydrogen-bond donors (Lipinski definition) is 0. The average Bonchev–Trinajstić information content (AvgIpc) is 3.30. The SMILES string of the molecule is CN(C)C(=S)[S-].[Au+].[Au+].[CH2-][P+]([CH2-])(c1ccccc1)c1ccccc1.c1ccc([PH+](c2ccccc2)c2ccccc2)cc1.c1ccc([PH+](c2ccccc2)c2ccccc2)cc1. The van der Waals surface area contributed by atoms with Gasteiger partial charge in [0.1, 0.15) is 31.8 Å². The third kappa shape index (κ3) is 16.7. The second-order valence-corrected chi connectivity index (χ2v) is 22.7. The van der Waals surface area contributed by atoms with Crippen LogP contribution in [-0.2, 0) is 57.4 Å². The normalized spacial score (nSPS) is 10.1. The zero-order valence-corrected chi connectivity index (χ0v) is 43.2. The molecule has 8 aromatic rings. The van der Waals surface area contributed by atoms with Crippen LogP contribution in [0.4, 0.5) is 0 Å². The summed E-state index contributed by atoms with van der Waals surface area (Å²) in [6.07, 6.45) is 0. The molecule has 0 aliphatic carbocycles. The van der Waals surface area contributed by atoms with E-state index in [4.69, 9.17) is 0 Å². The van der Waals surface area contributed by atoms with Crippen molar-refractivity contribution in [3.8, 4) is 0 Å². The molecule has 0 heterocycles. The summed E-state index contributed by atoms with van der Waals surface area (Å²) in [6, 6.07) is 85.7. The van der Waals surface area contributed by atoms with Gasteiger partial charge in [-0.1, -0.05) is 150 Å². The van der Waals surface area contributed by atoms with Gasteiger partial charge in [-0.15, -0.1) is 0 Å². The molecular formula is C53H52Au2NP3S2+2. The molecule has 316 valence electrons. The van der Waals surface area contributed by atoms with Gasteiger partial charge in [-0.2, -0.15) is 20.6 Å². The number of thiocarbonyl (C=S) groups is 1. The summed E-state index contributed by atoms with van der Waals surface area (Å²) in [4.78, 5) is 1.71. The molecule has 0 N–H and O–H groups in total. The van der Waals surface area contributed by atoms with Crippen LogP contribution >= 0.6 is 35.3 Å². The van der Waals surface area contributed by atoms with E-state index in [1.807, 2.05) is 50.5 Å². The van der Waals surface area contributed by atoms with Gasteiger partial charge < -0.3 is 29.7 Å². The minimum absolute atomic E-state index is 0. The van der Waals surface area contributed by atoms with E-state index in [0.29, 0.717) is 4.32 Å². The molecule has 8 aromatic carbocycles. The number of nitrogens with zero attached hydrogens (tertiary/aromatic N) is 1. The molecule has 1 nitrogen and oxygen atoms in total. The largest absolute Gasteiger partial charge is 1.00 e. The van der Waals surface area contributed by atoms with Gasteiger partial charge in [-0.3, -0.25) is 0 Å². The van der Waals surface area contributed by atoms with Crippen LogP contribution in [0.5, 0.6) is 0 Å². The van der Waals surface area contributed by atoms with E-state index in [9.17, 15) is 0 Å². The van der Waals surface area contributed by atoms with Crippen LogP contribution in [0.3, 0.4) is 0 Å². The first kappa shape index (κ1) is 52.0. The quantitative estimate of drug-likeness (QED) is 0.0491. The summed E-state index contributed by atoms with van der Waals surface area (Å²) in [7, 11) is 0.255. The van der Waals surface area contributed by atoms with Crippen molar-refractivity contribution in [1.29, 1.82) is 0 Å². The summed E-state index contributed by atoms with van der Waals surface area (Å²) in [5.74, 6) is 0. The topological polar surface area (TPSA) is 3.24 Å². The summed E-state index contributed by atoms with van der Waals surface area (Å²) < 4.78 is 0.509. The predicted octanol–water partition coefficient (Wildman–Crippen LogP) is 9.97. The minimum atomic E-state index is -1.65. The molecule has 0 saturated heterocycles. The van der Waals surface area contributed by atoms with E-state index in [-0.39, 0.29) is 44.8 Å². The number of benzene rings is 8. The maximum atomic E-state index is 4.56. The Morgan fingerprint density at radius 1 is 0.377 bits per heavy atom. The van der Waals surface area contributed by atoms with Gasteiger partial charge in [0.15, 0.2) is 0 Å². The molecule has 0 radical (unpaired) electrons. The summed E-state index contributed by atoms with van der Waals surface area (Å²) in [5.41, 5.74) is 0. The Kier molecular flexibility index (Phi) is 24.2. The van der Waals surface area contributed by atoms with Gasteiger partial charge in [-0.05, 0) is 97.1 Å². The van der Waals surface area contributed by atoms with E-state index in [1.54, 1.807) is 4.90 Å². The van der Waals surface area contributed by atoms with Crippen LogP contribution < -0.4 is 42.4 Å². The van der Waals surface area contributed by atoms with Crippen molar-refractivity contribution in [3.05, 3.63) is 256 Å². The first-order chi connectivity index (χ1) is 28.8. The standard InChI is InChI=1S/2C18H15P.C14H14P.C3H7NS2.2Au/c2*1-4-10-16(11-5-1)19(17-12-6-2-7-13-17)18-14-8-3-9-15-18;1-15(2,13-9-5-3-6-10-13)14-11-7-4-8-12-14;1-4(2)3(5)6;;/h2*1-15H;3-12H,1-2H2;1-2H3,(H,5,6);;/q;;-1;;2*+1/p+1. The second kappa shape index (κ2) is 28.4. The van der Waals surface area contributed by atoms with Gasteiger partial charge in [0, 0.05) is 24.7 Å². The van der Waals surface area contributed by atoms with Crippen LogP contribution in [0.2, 0.25) is 0 Å². The van der Waals surface area contributed by atoms with E-state index >= 15 is 0 Å². The van der Waals surface area contributed by atoms with Gasteiger partial charge in [0.25, 0.3) is 0 Å². The fraction of sp³-hybridized carbons (Fsp3) is 0.0377. The number of rotatable bonds is 8. The third-order valence-corrected chi connectivity index (χ3v) is 18.0. The molecule has 0 unspecified atom stereocenters. The van der Waals surface area contributed by atoms with Crippen LogP contribution in [0, 0.1) is 13.3 Å². The van der Waals surface area contributed by atoms with E-state index < -0.39 is 23.1 Å². The van der Waals surface area contributed by atoms with Gasteiger partial charge >= 0.3 is 44.8 Å². The second-order valence-electron chi connectivity index (χ2n) is 13.7. The van der Waals surface area contributed by atoms with Crippen LogP contribution in [0.1, 0.15) is 0 Å². The molecule has 0 amide bonds. The molecule has 0 aromatic heterocycles. The number of hydrogen-bond acceptors (Lipinski definition) is 2. The Balaban J connectivity index is 0.000000227. The molecule has 8 heteroatoms. The van der Waals surface area contributed by atoms with Crippen molar-refractivity contribution in [1.82, 2.24) is 4.90 Å². The molecule has 0 fully saturated rings. The van der Waals surface area contributed by atoms with Gasteiger partial charge in [0.05, 0.1) is 15.8 Å². The molecular weight excluding hydrogens is 1200 g/mol. The molecule has 0 aliphatic rings. The van der Waals surface area contributed by atoms with E-state index in [1.165, 1.54) is 42.4 Å². The van der Waals surface area contributed by atoms with Crippen molar-refractivity contribution in [2.45, 2.75) is 0 Å². The Morgan fingerprint density at radius 3 is 0.672 bits per heavy atom. The van der Waals surface area contributed by atoms with Crippen LogP contribution in [0.25, 0.3) is 0 Å². The van der Waals surface area contributed by atoms with Crippen LogP contribution in [-0.4, -0.2) is 23.3 Å². The van der Waals surface area contributed by atoms with Gasteiger partial charge in [-0.25, -0.2) is 0 Å². The maximum absolute atomic E-state index is 4.56. The monoisotopic (exact) mass is 1250 g/mol. The first-order valence-corrected chi connectivity index (χ1v) is 25.4. The zero-order valence-electron chi connectivity index (χ0n) is 34.3. The molecule has 61 heavy (non-hydrogen) atoms. The zero-order chi connectivity index (χ0) is 41.7. The van der Waals surface area contributed by atoms with E-state index in [0.717, 1.165) is 0 Å². The Morgan fingerprint density at radius 2 is 0.525 bits per heavy atom. The predicted molar refractivity (Wildman–Crippen MR) is 277 cm³/mol. The fourth-order valence-electron chi connectivity index (χ4n) is 6.20. The summed E-state index contributed by atoms with van der Waals surface area (Å²) >= 11 is 9.12. The van der Waals surface area contributed by atoms with Crippen molar-refractivity contribution >= 4 is 94.7 Å². The Bertz CT molecular complexity index is 2000. The first-order valence-electron chi connectivity index (χ1n) is 19.4. The van der Waals surface area contributed by atoms with Crippen molar-refractivity contribution in [3.63, 3.8) is 0 Å². The van der Waals surface area contributed by atoms with Crippen molar-refractivity contribution < 1.29 is 44.8 Å². The molecule has 8 rings (SSSR count). The third-order valence-electron chi connectivity index (χ3n) is 9.24. The van der Waals surface area contributed by atoms with E-state index in [2.05, 4.69) is 244 Å².